The molecule has 0 radical (unpaired) electrons. The van der Waals surface area contributed by atoms with Gasteiger partial charge in [-0.25, -0.2) is 9.97 Å². The van der Waals surface area contributed by atoms with Gasteiger partial charge in [-0.3, -0.25) is 9.73 Å². The number of nitrogens with zero attached hydrogens (tertiary/aromatic N) is 3. The van der Waals surface area contributed by atoms with Crippen LogP contribution in [0.15, 0.2) is 35.3 Å². The normalized spacial score (nSPS) is 12.0. The molecular weight excluding hydrogens is 482 g/mol. The van der Waals surface area contributed by atoms with Gasteiger partial charge < -0.3 is 14.8 Å². The van der Waals surface area contributed by atoms with Gasteiger partial charge in [0.2, 0.25) is 0 Å². The maximum Gasteiger partial charge on any atom is 0.522 e. The van der Waals surface area contributed by atoms with Crippen molar-refractivity contribution in [3.05, 3.63) is 47.3 Å². The molecule has 35 heavy (non-hydrogen) atoms. The molecular formula is C22H20F6N4O3. The number of halogens is 6. The molecule has 0 spiro atoms. The number of benzene rings is 2. The molecule has 0 atom stereocenters. The highest BCUT2D eigenvalue weighted by atomic mass is 19.4. The lowest BCUT2D eigenvalue weighted by Crippen LogP contribution is -2.18. The minimum absolute atomic E-state index is 0.0420. The Morgan fingerprint density at radius 3 is 2.34 bits per heavy atom. The summed E-state index contributed by atoms with van der Waals surface area (Å²) in [4.78, 5) is 12.2. The van der Waals surface area contributed by atoms with Crippen LogP contribution in [0.3, 0.4) is 0 Å². The topological polar surface area (TPSA) is 77.9 Å². The van der Waals surface area contributed by atoms with Crippen LogP contribution in [0.25, 0.3) is 10.9 Å². The van der Waals surface area contributed by atoms with Crippen LogP contribution in [-0.2, 0) is 17.5 Å². The number of ether oxygens (including phenoxy) is 3. The first-order valence-electron chi connectivity index (χ1n) is 10.0. The van der Waals surface area contributed by atoms with Gasteiger partial charge in [0.05, 0.1) is 30.5 Å². The van der Waals surface area contributed by atoms with E-state index in [0.717, 1.165) is 12.1 Å². The van der Waals surface area contributed by atoms with E-state index in [0.29, 0.717) is 16.7 Å². The van der Waals surface area contributed by atoms with Crippen molar-refractivity contribution < 1.29 is 40.6 Å². The van der Waals surface area contributed by atoms with E-state index in [9.17, 15) is 26.3 Å². The highest BCUT2D eigenvalue weighted by Gasteiger charge is 2.31. The summed E-state index contributed by atoms with van der Waals surface area (Å²) in [6.07, 6.45) is -9.35. The third-order valence-electron chi connectivity index (χ3n) is 4.65. The molecule has 7 nitrogen and oxygen atoms in total. The third-order valence-corrected chi connectivity index (χ3v) is 4.65. The molecule has 0 amide bonds. The van der Waals surface area contributed by atoms with E-state index in [1.165, 1.54) is 25.3 Å². The molecule has 1 aromatic heterocycles. The lowest BCUT2D eigenvalue weighted by atomic mass is 10.1. The summed E-state index contributed by atoms with van der Waals surface area (Å²) in [6.45, 7) is 3.70. The Labute approximate surface area is 195 Å². The Bertz CT molecular complexity index is 1210. The number of anilines is 1. The fraction of sp³-hybridized carbons (Fsp3) is 0.318. The predicted molar refractivity (Wildman–Crippen MR) is 116 cm³/mol. The van der Waals surface area contributed by atoms with Crippen molar-refractivity contribution in [2.24, 2.45) is 4.99 Å². The van der Waals surface area contributed by atoms with Gasteiger partial charge >= 0.3 is 12.5 Å². The SMILES string of the molecule is C=Nc1cc(CNc2nc(C)nc3cc(OC)c(OCCOC(F)(F)F)cc23)cc(C(F)(F)F)c1. The Balaban J connectivity index is 1.90. The second-order valence-corrected chi connectivity index (χ2v) is 7.18. The van der Waals surface area contributed by atoms with E-state index in [-0.39, 0.29) is 35.1 Å². The zero-order chi connectivity index (χ0) is 25.8. The van der Waals surface area contributed by atoms with E-state index < -0.39 is 31.3 Å². The molecule has 0 unspecified atom stereocenters. The van der Waals surface area contributed by atoms with Crippen LogP contribution < -0.4 is 14.8 Å². The first kappa shape index (κ1) is 26.0. The Morgan fingerprint density at radius 1 is 0.971 bits per heavy atom. The van der Waals surface area contributed by atoms with E-state index in [2.05, 4.69) is 31.7 Å². The van der Waals surface area contributed by atoms with Crippen LogP contribution in [-0.4, -0.2) is 43.4 Å². The molecule has 0 aliphatic carbocycles. The number of aromatic nitrogens is 2. The molecule has 0 fully saturated rings. The number of hydrogen-bond acceptors (Lipinski definition) is 7. The van der Waals surface area contributed by atoms with E-state index in [1.807, 2.05) is 0 Å². The van der Waals surface area contributed by atoms with Crippen molar-refractivity contribution in [3.8, 4) is 11.5 Å². The van der Waals surface area contributed by atoms with Gasteiger partial charge in [-0.15, -0.1) is 13.2 Å². The zero-order valence-electron chi connectivity index (χ0n) is 18.5. The lowest BCUT2D eigenvalue weighted by Gasteiger charge is -2.15. The summed E-state index contributed by atoms with van der Waals surface area (Å²) in [5.41, 5.74) is -0.111. The van der Waals surface area contributed by atoms with Gasteiger partial charge in [0.25, 0.3) is 0 Å². The van der Waals surface area contributed by atoms with Crippen molar-refractivity contribution in [2.45, 2.75) is 26.0 Å². The zero-order valence-corrected chi connectivity index (χ0v) is 18.5. The van der Waals surface area contributed by atoms with Gasteiger partial charge in [-0.1, -0.05) is 0 Å². The Hall–Kier alpha value is -3.61. The highest BCUT2D eigenvalue weighted by molar-refractivity contribution is 5.91. The maximum absolute atomic E-state index is 13.2. The summed E-state index contributed by atoms with van der Waals surface area (Å²) in [5, 5.41) is 3.39. The molecule has 0 bridgehead atoms. The lowest BCUT2D eigenvalue weighted by molar-refractivity contribution is -0.325. The molecule has 3 rings (SSSR count). The molecule has 0 saturated carbocycles. The summed E-state index contributed by atoms with van der Waals surface area (Å²) >= 11 is 0. The van der Waals surface area contributed by atoms with Crippen LogP contribution in [0.2, 0.25) is 0 Å². The predicted octanol–water partition coefficient (Wildman–Crippen LogP) is 5.83. The van der Waals surface area contributed by atoms with Crippen molar-refractivity contribution in [1.29, 1.82) is 0 Å². The molecule has 1 N–H and O–H groups in total. The average molecular weight is 502 g/mol. The molecule has 1 heterocycles. The van der Waals surface area contributed by atoms with E-state index >= 15 is 0 Å². The number of methoxy groups -OCH3 is 1. The van der Waals surface area contributed by atoms with Gasteiger partial charge in [0, 0.05) is 18.0 Å². The number of nitrogens with one attached hydrogen (secondary N) is 1. The van der Waals surface area contributed by atoms with Crippen LogP contribution >= 0.6 is 0 Å². The molecule has 0 aliphatic heterocycles. The largest absolute Gasteiger partial charge is 0.522 e. The quantitative estimate of drug-likeness (QED) is 0.226. The van der Waals surface area contributed by atoms with Gasteiger partial charge in [0.1, 0.15) is 18.2 Å². The number of hydrogen-bond donors (Lipinski definition) is 1. The number of aryl methyl sites for hydroxylation is 1. The van der Waals surface area contributed by atoms with Crippen molar-refractivity contribution in [1.82, 2.24) is 9.97 Å². The van der Waals surface area contributed by atoms with Gasteiger partial charge in [-0.05, 0) is 43.5 Å². The highest BCUT2D eigenvalue weighted by Crippen LogP contribution is 2.35. The number of alkyl halides is 6. The van der Waals surface area contributed by atoms with Crippen molar-refractivity contribution >= 4 is 29.1 Å². The molecule has 188 valence electrons. The van der Waals surface area contributed by atoms with Crippen LogP contribution in [0, 0.1) is 6.92 Å². The van der Waals surface area contributed by atoms with Crippen molar-refractivity contribution in [3.63, 3.8) is 0 Å². The fourth-order valence-electron chi connectivity index (χ4n) is 3.19. The summed E-state index contributed by atoms with van der Waals surface area (Å²) < 4.78 is 90.5. The minimum atomic E-state index is -4.79. The van der Waals surface area contributed by atoms with Crippen LogP contribution in [0.5, 0.6) is 11.5 Å². The van der Waals surface area contributed by atoms with E-state index in [4.69, 9.17) is 9.47 Å². The van der Waals surface area contributed by atoms with E-state index in [1.54, 1.807) is 6.92 Å². The molecule has 3 aromatic rings. The second-order valence-electron chi connectivity index (χ2n) is 7.18. The number of fused-ring (bicyclic) bond motifs is 1. The Morgan fingerprint density at radius 2 is 1.71 bits per heavy atom. The van der Waals surface area contributed by atoms with Crippen LogP contribution in [0.1, 0.15) is 17.0 Å². The average Bonchev–Trinajstić information content (AvgIpc) is 2.78. The summed E-state index contributed by atoms with van der Waals surface area (Å²) in [7, 11) is 1.35. The van der Waals surface area contributed by atoms with Crippen LogP contribution in [0.4, 0.5) is 37.8 Å². The summed E-state index contributed by atoms with van der Waals surface area (Å²) in [5.74, 6) is 0.968. The standard InChI is InChI=1S/C22H20F6N4O3/c1-12-31-17-10-18(33-3)19(34-4-5-35-22(26,27)28)9-16(17)20(32-12)30-11-13-6-14(21(23,24)25)8-15(7-13)29-2/h6-10H,2,4-5,11H2,1,3H3,(H,30,31,32). The van der Waals surface area contributed by atoms with Gasteiger partial charge in [-0.2, -0.15) is 13.2 Å². The fourth-order valence-corrected chi connectivity index (χ4v) is 3.19. The first-order valence-corrected chi connectivity index (χ1v) is 10.0. The maximum atomic E-state index is 13.2. The number of aliphatic imine (C=N–C) groups is 1. The first-order chi connectivity index (χ1) is 16.4. The molecule has 0 saturated heterocycles. The molecule has 13 heteroatoms. The van der Waals surface area contributed by atoms with Crippen molar-refractivity contribution in [2.75, 3.05) is 25.6 Å². The number of rotatable bonds is 9. The smallest absolute Gasteiger partial charge is 0.493 e. The minimum Gasteiger partial charge on any atom is -0.493 e. The molecule has 2 aromatic carbocycles. The summed E-state index contributed by atoms with van der Waals surface area (Å²) in [6, 6.07) is 6.30. The second kappa shape index (κ2) is 10.3. The van der Waals surface area contributed by atoms with Gasteiger partial charge in [0.15, 0.2) is 11.5 Å². The molecule has 0 aliphatic rings. The Kier molecular flexibility index (Phi) is 7.68. The monoisotopic (exact) mass is 502 g/mol. The third kappa shape index (κ3) is 6.94.